The number of sulfonamides is 1. The van der Waals surface area contributed by atoms with Crippen molar-refractivity contribution in [3.63, 3.8) is 0 Å². The molecule has 2 rings (SSSR count). The summed E-state index contributed by atoms with van der Waals surface area (Å²) in [5, 5.41) is 3.33. The number of nitrogens with zero attached hydrogens (tertiary/aromatic N) is 1. The van der Waals surface area contributed by atoms with Crippen LogP contribution >= 0.6 is 22.9 Å². The van der Waals surface area contributed by atoms with E-state index < -0.39 is 10.0 Å². The van der Waals surface area contributed by atoms with Crippen LogP contribution in [0, 0.1) is 13.8 Å². The number of aryl methyl sites for hydroxylation is 2. The maximum absolute atomic E-state index is 12.2. The van der Waals surface area contributed by atoms with E-state index in [1.54, 1.807) is 30.4 Å². The largest absolute Gasteiger partial charge is 0.247 e. The summed E-state index contributed by atoms with van der Waals surface area (Å²) in [7, 11) is -3.54. The van der Waals surface area contributed by atoms with Crippen molar-refractivity contribution in [2.45, 2.75) is 25.2 Å². The summed E-state index contributed by atoms with van der Waals surface area (Å²) in [5.74, 6) is 0. The second-order valence-corrected chi connectivity index (χ2v) is 7.65. The Bertz CT molecular complexity index is 711. The molecule has 1 heterocycles. The lowest BCUT2D eigenvalue weighted by molar-refractivity contribution is 0.580. The summed E-state index contributed by atoms with van der Waals surface area (Å²) in [6.45, 7) is 3.99. The number of hydrogen-bond acceptors (Lipinski definition) is 4. The van der Waals surface area contributed by atoms with E-state index in [1.165, 1.54) is 6.07 Å². The number of benzene rings is 1. The van der Waals surface area contributed by atoms with Crippen molar-refractivity contribution >= 4 is 33.0 Å². The molecule has 7 heteroatoms. The van der Waals surface area contributed by atoms with Crippen molar-refractivity contribution in [3.8, 4) is 0 Å². The Morgan fingerprint density at radius 3 is 2.75 bits per heavy atom. The molecule has 0 radical (unpaired) electrons. The number of halogens is 1. The molecule has 0 saturated heterocycles. The van der Waals surface area contributed by atoms with Gasteiger partial charge in [-0.1, -0.05) is 17.7 Å². The molecule has 0 aliphatic carbocycles. The van der Waals surface area contributed by atoms with E-state index in [2.05, 4.69) is 9.71 Å². The molecular weight excluding hydrogens is 316 g/mol. The van der Waals surface area contributed by atoms with Crippen molar-refractivity contribution < 1.29 is 8.42 Å². The first-order valence-corrected chi connectivity index (χ1v) is 8.79. The Morgan fingerprint density at radius 2 is 2.10 bits per heavy atom. The minimum Gasteiger partial charge on any atom is -0.247 e. The van der Waals surface area contributed by atoms with Crippen molar-refractivity contribution in [1.82, 2.24) is 9.71 Å². The molecule has 1 aromatic carbocycles. The number of nitrogens with one attached hydrogen (secondary N) is 1. The first-order chi connectivity index (χ1) is 9.38. The van der Waals surface area contributed by atoms with E-state index in [4.69, 9.17) is 11.6 Å². The van der Waals surface area contributed by atoms with E-state index >= 15 is 0 Å². The van der Waals surface area contributed by atoms with Gasteiger partial charge in [0, 0.05) is 23.4 Å². The van der Waals surface area contributed by atoms with Gasteiger partial charge < -0.3 is 0 Å². The average molecular weight is 331 g/mol. The first kappa shape index (κ1) is 15.4. The van der Waals surface area contributed by atoms with E-state index in [-0.39, 0.29) is 4.90 Å². The lowest BCUT2D eigenvalue weighted by Crippen LogP contribution is -2.26. The van der Waals surface area contributed by atoms with Gasteiger partial charge in [0.05, 0.1) is 15.6 Å². The highest BCUT2D eigenvalue weighted by atomic mass is 35.5. The van der Waals surface area contributed by atoms with Crippen LogP contribution in [0.4, 0.5) is 0 Å². The molecular formula is C13H15ClN2O2S2. The van der Waals surface area contributed by atoms with Gasteiger partial charge in [0.2, 0.25) is 10.0 Å². The predicted octanol–water partition coefficient (Wildman–Crippen LogP) is 2.93. The number of thiazole rings is 1. The summed E-state index contributed by atoms with van der Waals surface area (Å²) in [6.07, 6.45) is 0.573. The normalized spacial score (nSPS) is 11.8. The Hall–Kier alpha value is -0.950. The zero-order chi connectivity index (χ0) is 14.8. The molecule has 2 aromatic rings. The highest BCUT2D eigenvalue weighted by molar-refractivity contribution is 7.89. The SMILES string of the molecule is Cc1nc(CCNS(=O)(=O)c2cc(Cl)ccc2C)cs1. The molecule has 0 aliphatic heterocycles. The zero-order valence-corrected chi connectivity index (χ0v) is 13.6. The van der Waals surface area contributed by atoms with E-state index in [0.29, 0.717) is 23.6 Å². The fraction of sp³-hybridized carbons (Fsp3) is 0.308. The Kier molecular flexibility index (Phi) is 4.80. The monoisotopic (exact) mass is 330 g/mol. The highest BCUT2D eigenvalue weighted by Crippen LogP contribution is 2.20. The second kappa shape index (κ2) is 6.22. The fourth-order valence-electron chi connectivity index (χ4n) is 1.78. The molecule has 1 aromatic heterocycles. The van der Waals surface area contributed by atoms with Gasteiger partial charge in [0.1, 0.15) is 0 Å². The van der Waals surface area contributed by atoms with Gasteiger partial charge in [0.15, 0.2) is 0 Å². The number of aromatic nitrogens is 1. The van der Waals surface area contributed by atoms with Crippen molar-refractivity contribution in [1.29, 1.82) is 0 Å². The van der Waals surface area contributed by atoms with Crippen molar-refractivity contribution in [2.75, 3.05) is 6.54 Å². The summed E-state index contributed by atoms with van der Waals surface area (Å²) in [4.78, 5) is 4.52. The summed E-state index contributed by atoms with van der Waals surface area (Å²) < 4.78 is 27.0. The molecule has 0 spiro atoms. The van der Waals surface area contributed by atoms with Gasteiger partial charge in [0.25, 0.3) is 0 Å². The molecule has 0 atom stereocenters. The molecule has 0 bridgehead atoms. The number of hydrogen-bond donors (Lipinski definition) is 1. The van der Waals surface area contributed by atoms with E-state index in [9.17, 15) is 8.42 Å². The minimum atomic E-state index is -3.54. The quantitative estimate of drug-likeness (QED) is 0.917. The van der Waals surface area contributed by atoms with E-state index in [1.807, 2.05) is 12.3 Å². The molecule has 108 valence electrons. The van der Waals surface area contributed by atoms with Crippen LogP contribution in [-0.4, -0.2) is 19.9 Å². The molecule has 4 nitrogen and oxygen atoms in total. The molecule has 0 aliphatic rings. The predicted molar refractivity (Wildman–Crippen MR) is 81.9 cm³/mol. The highest BCUT2D eigenvalue weighted by Gasteiger charge is 2.16. The van der Waals surface area contributed by atoms with Gasteiger partial charge in [-0.25, -0.2) is 18.1 Å². The van der Waals surface area contributed by atoms with Crippen LogP contribution in [0.1, 0.15) is 16.3 Å². The van der Waals surface area contributed by atoms with Crippen LogP contribution in [-0.2, 0) is 16.4 Å². The molecule has 0 fully saturated rings. The molecule has 0 saturated carbocycles. The molecule has 20 heavy (non-hydrogen) atoms. The molecule has 0 unspecified atom stereocenters. The van der Waals surface area contributed by atoms with E-state index in [0.717, 1.165) is 10.7 Å². The third kappa shape index (κ3) is 3.79. The lowest BCUT2D eigenvalue weighted by Gasteiger charge is -2.09. The minimum absolute atomic E-state index is 0.222. The maximum Gasteiger partial charge on any atom is 0.240 e. The van der Waals surface area contributed by atoms with Gasteiger partial charge in [-0.15, -0.1) is 11.3 Å². The van der Waals surface area contributed by atoms with Crippen molar-refractivity contribution in [2.24, 2.45) is 0 Å². The molecule has 0 amide bonds. The third-order valence-electron chi connectivity index (χ3n) is 2.78. The number of rotatable bonds is 5. The van der Waals surface area contributed by atoms with Crippen LogP contribution in [0.3, 0.4) is 0 Å². The maximum atomic E-state index is 12.2. The van der Waals surface area contributed by atoms with Gasteiger partial charge in [-0.2, -0.15) is 0 Å². The van der Waals surface area contributed by atoms with Gasteiger partial charge in [-0.3, -0.25) is 0 Å². The summed E-state index contributed by atoms with van der Waals surface area (Å²) >= 11 is 7.41. The van der Waals surface area contributed by atoms with Gasteiger partial charge in [-0.05, 0) is 31.5 Å². The van der Waals surface area contributed by atoms with Crippen LogP contribution in [0.15, 0.2) is 28.5 Å². The van der Waals surface area contributed by atoms with Gasteiger partial charge >= 0.3 is 0 Å². The standard InChI is InChI=1S/C13H15ClN2O2S2/c1-9-3-4-11(14)7-13(9)20(17,18)15-6-5-12-8-19-10(2)16-12/h3-4,7-8,15H,5-6H2,1-2H3. The Labute approximate surface area is 127 Å². The third-order valence-corrected chi connectivity index (χ3v) is 5.44. The van der Waals surface area contributed by atoms with Crippen LogP contribution in [0.5, 0.6) is 0 Å². The van der Waals surface area contributed by atoms with Crippen LogP contribution in [0.2, 0.25) is 5.02 Å². The summed E-state index contributed by atoms with van der Waals surface area (Å²) in [6, 6.07) is 4.83. The topological polar surface area (TPSA) is 59.1 Å². The average Bonchev–Trinajstić information content (AvgIpc) is 2.78. The summed E-state index contributed by atoms with van der Waals surface area (Å²) in [5.41, 5.74) is 1.57. The lowest BCUT2D eigenvalue weighted by atomic mass is 10.2. The van der Waals surface area contributed by atoms with Crippen LogP contribution < -0.4 is 4.72 Å². The Balaban J connectivity index is 2.06. The zero-order valence-electron chi connectivity index (χ0n) is 11.2. The fourth-order valence-corrected chi connectivity index (χ4v) is 3.96. The Morgan fingerprint density at radius 1 is 1.35 bits per heavy atom. The second-order valence-electron chi connectivity index (χ2n) is 4.42. The smallest absolute Gasteiger partial charge is 0.240 e. The van der Waals surface area contributed by atoms with Crippen molar-refractivity contribution in [3.05, 3.63) is 44.9 Å². The van der Waals surface area contributed by atoms with Crippen LogP contribution in [0.25, 0.3) is 0 Å². The first-order valence-electron chi connectivity index (χ1n) is 6.05. The molecule has 1 N–H and O–H groups in total.